The summed E-state index contributed by atoms with van der Waals surface area (Å²) in [6.45, 7) is 0.388. The predicted octanol–water partition coefficient (Wildman–Crippen LogP) is 2.70. The normalized spacial score (nSPS) is 15.6. The molecular formula is C19H19N5O4S. The number of carbonyl (C=O) groups is 1. The second kappa shape index (κ2) is 8.02. The van der Waals surface area contributed by atoms with E-state index in [1.165, 1.54) is 16.2 Å². The third-order valence-corrected chi connectivity index (χ3v) is 5.46. The molecule has 29 heavy (non-hydrogen) atoms. The summed E-state index contributed by atoms with van der Waals surface area (Å²) in [5.41, 5.74) is 2.04. The minimum absolute atomic E-state index is 0.119. The number of pyridine rings is 1. The molecule has 3 aromatic rings. The van der Waals surface area contributed by atoms with Crippen molar-refractivity contribution >= 4 is 22.5 Å². The molecule has 10 heteroatoms. The highest BCUT2D eigenvalue weighted by Gasteiger charge is 2.32. The maximum Gasteiger partial charge on any atom is 0.324 e. The minimum atomic E-state index is -0.895. The lowest BCUT2D eigenvalue weighted by Gasteiger charge is -2.33. The van der Waals surface area contributed by atoms with Crippen molar-refractivity contribution in [3.05, 3.63) is 47.7 Å². The Kier molecular flexibility index (Phi) is 5.28. The molecule has 1 atom stereocenters. The smallest absolute Gasteiger partial charge is 0.324 e. The fourth-order valence-electron chi connectivity index (χ4n) is 3.27. The van der Waals surface area contributed by atoms with Gasteiger partial charge in [-0.1, -0.05) is 17.4 Å². The van der Waals surface area contributed by atoms with Crippen molar-refractivity contribution in [2.24, 2.45) is 0 Å². The fraction of sp³-hybridized carbons (Fsp3) is 0.263. The Morgan fingerprint density at radius 2 is 2.00 bits per heavy atom. The summed E-state index contributed by atoms with van der Waals surface area (Å²) in [6, 6.07) is 8.62. The van der Waals surface area contributed by atoms with Gasteiger partial charge in [-0.3, -0.25) is 10.3 Å². The van der Waals surface area contributed by atoms with Gasteiger partial charge in [0.2, 0.25) is 5.13 Å². The summed E-state index contributed by atoms with van der Waals surface area (Å²) >= 11 is 1.23. The second-order valence-corrected chi connectivity index (χ2v) is 7.29. The topological polar surface area (TPSA) is 110 Å². The van der Waals surface area contributed by atoms with Crippen LogP contribution in [0.4, 0.5) is 9.93 Å². The first kappa shape index (κ1) is 19.1. The van der Waals surface area contributed by atoms with E-state index in [2.05, 4.69) is 20.5 Å². The van der Waals surface area contributed by atoms with Gasteiger partial charge in [0, 0.05) is 17.3 Å². The van der Waals surface area contributed by atoms with Crippen LogP contribution in [0.1, 0.15) is 17.2 Å². The molecule has 0 saturated heterocycles. The number of hydrogen-bond acceptors (Lipinski definition) is 8. The van der Waals surface area contributed by atoms with E-state index >= 15 is 0 Å². The van der Waals surface area contributed by atoms with E-state index in [0.29, 0.717) is 38.5 Å². The van der Waals surface area contributed by atoms with E-state index in [4.69, 9.17) is 9.47 Å². The molecule has 3 heterocycles. The molecule has 2 aromatic heterocycles. The molecule has 0 radical (unpaired) electrons. The Hall–Kier alpha value is -3.24. The number of rotatable bonds is 4. The molecule has 0 bridgehead atoms. The largest absolute Gasteiger partial charge is 0.496 e. The van der Waals surface area contributed by atoms with Crippen LogP contribution in [0, 0.1) is 0 Å². The number of hydrogen-bond donors (Lipinski definition) is 2. The Morgan fingerprint density at radius 3 is 2.72 bits per heavy atom. The maximum absolute atomic E-state index is 12.8. The number of β-amino-alcohol motifs (C(OH)–C–C–N with tert-alkyl or cyclic N) is 1. The predicted molar refractivity (Wildman–Crippen MR) is 107 cm³/mol. The highest BCUT2D eigenvalue weighted by molar-refractivity contribution is 7.18. The summed E-state index contributed by atoms with van der Waals surface area (Å²) in [6.07, 6.45) is 0.775. The minimum Gasteiger partial charge on any atom is -0.496 e. The number of carbonyl (C=O) groups excluding carboxylic acids is 1. The molecule has 2 N–H and O–H groups in total. The first-order valence-electron chi connectivity index (χ1n) is 8.83. The zero-order valence-electron chi connectivity index (χ0n) is 15.8. The maximum atomic E-state index is 12.8. The van der Waals surface area contributed by atoms with Crippen molar-refractivity contribution in [1.29, 1.82) is 0 Å². The lowest BCUT2D eigenvalue weighted by molar-refractivity contribution is 0.105. The van der Waals surface area contributed by atoms with E-state index in [1.54, 1.807) is 32.5 Å². The number of amides is 2. The Balaban J connectivity index is 1.53. The van der Waals surface area contributed by atoms with Gasteiger partial charge in [-0.2, -0.15) is 0 Å². The van der Waals surface area contributed by atoms with Crippen LogP contribution in [0.3, 0.4) is 0 Å². The summed E-state index contributed by atoms with van der Waals surface area (Å²) in [5.74, 6) is 1.16. The van der Waals surface area contributed by atoms with Crippen molar-refractivity contribution in [2.45, 2.75) is 12.6 Å². The molecule has 150 valence electrons. The Morgan fingerprint density at radius 1 is 1.21 bits per heavy atom. The molecule has 0 unspecified atom stereocenters. The summed E-state index contributed by atoms with van der Waals surface area (Å²) in [4.78, 5) is 18.5. The summed E-state index contributed by atoms with van der Waals surface area (Å²) in [7, 11) is 3.09. The van der Waals surface area contributed by atoms with Crippen LogP contribution >= 0.6 is 11.3 Å². The van der Waals surface area contributed by atoms with Crippen LogP contribution in [0.15, 0.2) is 36.5 Å². The third kappa shape index (κ3) is 3.71. The molecule has 2 amide bonds. The van der Waals surface area contributed by atoms with Crippen molar-refractivity contribution in [2.75, 3.05) is 26.1 Å². The van der Waals surface area contributed by atoms with E-state index in [0.717, 1.165) is 0 Å². The third-order valence-electron chi connectivity index (χ3n) is 4.60. The van der Waals surface area contributed by atoms with Crippen molar-refractivity contribution in [3.63, 3.8) is 0 Å². The van der Waals surface area contributed by atoms with Crippen LogP contribution < -0.4 is 14.8 Å². The van der Waals surface area contributed by atoms with Gasteiger partial charge in [0.05, 0.1) is 27.3 Å². The van der Waals surface area contributed by atoms with Gasteiger partial charge in [0.1, 0.15) is 23.3 Å². The number of aliphatic hydroxyl groups is 1. The molecule has 9 nitrogen and oxygen atoms in total. The van der Waals surface area contributed by atoms with Crippen LogP contribution in [-0.2, 0) is 6.54 Å². The van der Waals surface area contributed by atoms with Crippen LogP contribution in [0.2, 0.25) is 0 Å². The van der Waals surface area contributed by atoms with Crippen molar-refractivity contribution in [1.82, 2.24) is 20.1 Å². The number of fused-ring (bicyclic) bond motifs is 1. The Labute approximate surface area is 170 Å². The zero-order valence-corrected chi connectivity index (χ0v) is 16.6. The summed E-state index contributed by atoms with van der Waals surface area (Å²) in [5, 5.41) is 22.4. The number of anilines is 1. The van der Waals surface area contributed by atoms with Gasteiger partial charge >= 0.3 is 6.03 Å². The average Bonchev–Trinajstić information content (AvgIpc) is 3.22. The molecule has 0 spiro atoms. The first-order valence-corrected chi connectivity index (χ1v) is 9.65. The van der Waals surface area contributed by atoms with Gasteiger partial charge in [0.25, 0.3) is 0 Å². The second-order valence-electron chi connectivity index (χ2n) is 6.32. The molecule has 1 aromatic carbocycles. The van der Waals surface area contributed by atoms with Crippen LogP contribution in [0.5, 0.6) is 11.5 Å². The quantitative estimate of drug-likeness (QED) is 0.677. The monoisotopic (exact) mass is 413 g/mol. The number of nitrogens with zero attached hydrogens (tertiary/aromatic N) is 4. The number of ether oxygens (including phenoxy) is 2. The molecule has 1 aliphatic rings. The molecule has 1 aliphatic heterocycles. The van der Waals surface area contributed by atoms with E-state index in [-0.39, 0.29) is 19.1 Å². The summed E-state index contributed by atoms with van der Waals surface area (Å²) < 4.78 is 10.8. The number of benzene rings is 1. The van der Waals surface area contributed by atoms with Gasteiger partial charge < -0.3 is 19.5 Å². The van der Waals surface area contributed by atoms with Gasteiger partial charge in [0.15, 0.2) is 5.01 Å². The molecule has 0 saturated carbocycles. The molecule has 4 rings (SSSR count). The number of urea groups is 1. The van der Waals surface area contributed by atoms with E-state index < -0.39 is 6.10 Å². The highest BCUT2D eigenvalue weighted by atomic mass is 32.1. The van der Waals surface area contributed by atoms with E-state index in [1.807, 2.05) is 18.2 Å². The lowest BCUT2D eigenvalue weighted by atomic mass is 9.95. The number of nitrogens with one attached hydrogen (secondary N) is 1. The van der Waals surface area contributed by atoms with Crippen molar-refractivity contribution in [3.8, 4) is 22.2 Å². The number of aromatic nitrogens is 3. The van der Waals surface area contributed by atoms with Gasteiger partial charge in [-0.25, -0.2) is 4.79 Å². The van der Waals surface area contributed by atoms with Crippen LogP contribution in [-0.4, -0.2) is 52.0 Å². The van der Waals surface area contributed by atoms with Gasteiger partial charge in [-0.15, -0.1) is 10.2 Å². The van der Waals surface area contributed by atoms with E-state index in [9.17, 15) is 9.90 Å². The highest BCUT2D eigenvalue weighted by Crippen LogP contribution is 2.39. The molecular weight excluding hydrogens is 394 g/mol. The van der Waals surface area contributed by atoms with Crippen molar-refractivity contribution < 1.29 is 19.4 Å². The Bertz CT molecular complexity index is 1030. The average molecular weight is 413 g/mol. The van der Waals surface area contributed by atoms with Gasteiger partial charge in [-0.05, 0) is 24.3 Å². The number of aliphatic hydroxyl groups excluding tert-OH is 1. The first-order chi connectivity index (χ1) is 14.1. The van der Waals surface area contributed by atoms with Crippen LogP contribution in [0.25, 0.3) is 10.7 Å². The zero-order chi connectivity index (χ0) is 20.4. The standard InChI is InChI=1S/C19H19N5O4S/c1-27-14-6-7-15(28-2)16-11(14)9-24(10-13(16)25)19(26)21-18-23-22-17(29-18)12-5-3-4-8-20-12/h3-8,13,25H,9-10H2,1-2H3,(H,21,23,26)/t13-/m0/s1. The SMILES string of the molecule is COc1ccc(OC)c2c1CN(C(=O)Nc1nnc(-c3ccccn3)s1)C[C@@H]2O. The number of methoxy groups -OCH3 is 2. The fourth-order valence-corrected chi connectivity index (χ4v) is 3.98. The lowest BCUT2D eigenvalue weighted by Crippen LogP contribution is -2.41. The molecule has 0 aliphatic carbocycles. The molecule has 0 fully saturated rings.